The Bertz CT molecular complexity index is 307. The van der Waals surface area contributed by atoms with Crippen LogP contribution in [-0.2, 0) is 4.79 Å². The summed E-state index contributed by atoms with van der Waals surface area (Å²) in [6.45, 7) is 3.93. The van der Waals surface area contributed by atoms with Crippen LogP contribution in [0.5, 0.6) is 0 Å². The Morgan fingerprint density at radius 3 is 2.05 bits per heavy atom. The molecule has 0 heterocycles. The molecule has 0 spiro atoms. The van der Waals surface area contributed by atoms with Gasteiger partial charge in [0.2, 0.25) is 0 Å². The fourth-order valence-corrected chi connectivity index (χ4v) is 3.44. The van der Waals surface area contributed by atoms with E-state index in [1.807, 2.05) is 0 Å². The first-order valence-electron chi connectivity index (χ1n) is 7.32. The summed E-state index contributed by atoms with van der Waals surface area (Å²) in [6, 6.07) is 0. The van der Waals surface area contributed by atoms with Gasteiger partial charge in [0.05, 0.1) is 5.92 Å². The van der Waals surface area contributed by atoms with Crippen molar-refractivity contribution >= 4 is 5.78 Å². The highest BCUT2D eigenvalue weighted by molar-refractivity contribution is 5.84. The quantitative estimate of drug-likeness (QED) is 0.754. The van der Waals surface area contributed by atoms with E-state index in [2.05, 4.69) is 6.92 Å². The molecule has 122 valence electrons. The zero-order valence-electron chi connectivity index (χ0n) is 11.9. The molecule has 4 unspecified atom stereocenters. The van der Waals surface area contributed by atoms with Crippen molar-refractivity contribution in [1.29, 1.82) is 0 Å². The number of halogens is 2. The first-order chi connectivity index (χ1) is 8.50. The molecule has 4 heteroatoms. The minimum Gasteiger partial charge on any atom is -0.412 e. The van der Waals surface area contributed by atoms with Gasteiger partial charge >= 0.3 is 0 Å². The third-order valence-electron chi connectivity index (χ3n) is 4.95. The average molecular weight is 294 g/mol. The molecule has 0 aliphatic heterocycles. The van der Waals surface area contributed by atoms with E-state index in [9.17, 15) is 13.6 Å². The molecular weight excluding hydrogens is 262 g/mol. The van der Waals surface area contributed by atoms with Crippen molar-refractivity contribution in [3.05, 3.63) is 0 Å². The van der Waals surface area contributed by atoms with E-state index < -0.39 is 18.3 Å². The Hall–Kier alpha value is -0.510. The maximum Gasteiger partial charge on any atom is 0.142 e. The summed E-state index contributed by atoms with van der Waals surface area (Å²) in [5.74, 6) is -0.241. The van der Waals surface area contributed by atoms with Crippen molar-refractivity contribution in [3.63, 3.8) is 0 Å². The minimum atomic E-state index is -1.57. The molecule has 2 rings (SSSR count). The predicted molar refractivity (Wildman–Crippen MR) is 80.3 cm³/mol. The molecule has 2 fully saturated rings. The Balaban J connectivity index is 0. The van der Waals surface area contributed by atoms with Crippen LogP contribution in [0.15, 0.2) is 0 Å². The fraction of sp³-hybridized carbons (Fsp3) is 0.938. The second kappa shape index (κ2) is 8.06. The van der Waals surface area contributed by atoms with Crippen molar-refractivity contribution in [3.8, 4) is 0 Å². The van der Waals surface area contributed by atoms with Gasteiger partial charge in [-0.15, -0.1) is 0 Å². The predicted octanol–water partition coefficient (Wildman–Crippen LogP) is 4.16. The molecule has 2 aliphatic carbocycles. The molecule has 0 radical (unpaired) electrons. The van der Waals surface area contributed by atoms with Gasteiger partial charge in [-0.1, -0.05) is 34.1 Å². The maximum absolute atomic E-state index is 14.0. The highest BCUT2D eigenvalue weighted by atomic mass is 19.2. The lowest BCUT2D eigenvalue weighted by molar-refractivity contribution is -0.134. The van der Waals surface area contributed by atoms with Crippen LogP contribution in [0, 0.1) is 23.7 Å². The number of Topliss-reactive ketones (excluding diaryl/α,β-unsaturated/α-hetero) is 1. The Labute approximate surface area is 123 Å². The first kappa shape index (κ1) is 19.5. The van der Waals surface area contributed by atoms with Crippen LogP contribution in [-0.4, -0.2) is 23.6 Å². The van der Waals surface area contributed by atoms with Gasteiger partial charge in [-0.2, -0.15) is 0 Å². The minimum absolute atomic E-state index is 0. The number of carbonyl (C=O) groups is 1. The lowest BCUT2D eigenvalue weighted by atomic mass is 9.71. The van der Waals surface area contributed by atoms with Gasteiger partial charge in [-0.25, -0.2) is 8.78 Å². The molecule has 4 atom stereocenters. The third kappa shape index (κ3) is 4.00. The highest BCUT2D eigenvalue weighted by Crippen LogP contribution is 2.38. The topological polar surface area (TPSA) is 48.6 Å². The molecule has 0 aromatic carbocycles. The molecule has 0 aromatic heterocycles. The number of hydrogen-bond donors (Lipinski definition) is 0. The highest BCUT2D eigenvalue weighted by Gasteiger charge is 2.43. The van der Waals surface area contributed by atoms with E-state index in [4.69, 9.17) is 0 Å². The van der Waals surface area contributed by atoms with E-state index >= 15 is 0 Å². The standard InChI is InChI=1S/C15H24F2O.CH4.H2O.H2/c1-9-3-6-11(7-4-9)15(18)12-8-5-10(2)13(16)14(12)17;;;/h9-14H,3-8H2,1-2H3;1H4;1H2;1H. The molecule has 0 aromatic rings. The summed E-state index contributed by atoms with van der Waals surface area (Å²) < 4.78 is 27.7. The third-order valence-corrected chi connectivity index (χ3v) is 4.95. The van der Waals surface area contributed by atoms with E-state index in [0.29, 0.717) is 18.8 Å². The molecule has 2 saturated carbocycles. The van der Waals surface area contributed by atoms with Crippen LogP contribution in [0.1, 0.15) is 61.2 Å². The second-order valence-electron chi connectivity index (χ2n) is 6.41. The van der Waals surface area contributed by atoms with Crippen LogP contribution in [0.25, 0.3) is 0 Å². The van der Waals surface area contributed by atoms with Crippen LogP contribution in [0.2, 0.25) is 0 Å². The van der Waals surface area contributed by atoms with Crippen molar-refractivity contribution in [2.75, 3.05) is 0 Å². The van der Waals surface area contributed by atoms with Gasteiger partial charge in [-0.3, -0.25) is 4.79 Å². The van der Waals surface area contributed by atoms with E-state index in [0.717, 1.165) is 25.7 Å². The molecule has 2 N–H and O–H groups in total. The number of hydrogen-bond acceptors (Lipinski definition) is 1. The zero-order valence-corrected chi connectivity index (χ0v) is 11.9. The van der Waals surface area contributed by atoms with Gasteiger partial charge in [-0.05, 0) is 37.5 Å². The molecule has 20 heavy (non-hydrogen) atoms. The maximum atomic E-state index is 14.0. The van der Waals surface area contributed by atoms with Crippen LogP contribution in [0.3, 0.4) is 0 Å². The monoisotopic (exact) mass is 294 g/mol. The number of rotatable bonds is 2. The van der Waals surface area contributed by atoms with Crippen LogP contribution >= 0.6 is 0 Å². The van der Waals surface area contributed by atoms with Gasteiger partial charge < -0.3 is 5.48 Å². The second-order valence-corrected chi connectivity index (χ2v) is 6.41. The van der Waals surface area contributed by atoms with Crippen molar-refractivity contribution < 1.29 is 20.5 Å². The molecular formula is C16H32F2O2. The van der Waals surface area contributed by atoms with Crippen molar-refractivity contribution in [2.45, 2.75) is 72.1 Å². The largest absolute Gasteiger partial charge is 0.412 e. The van der Waals surface area contributed by atoms with E-state index in [1.54, 1.807) is 6.92 Å². The van der Waals surface area contributed by atoms with E-state index in [-0.39, 0.29) is 31.9 Å². The normalized spacial score (nSPS) is 41.2. The van der Waals surface area contributed by atoms with E-state index in [1.165, 1.54) is 0 Å². The summed E-state index contributed by atoms with van der Waals surface area (Å²) in [6.07, 6.45) is 2.00. The molecule has 0 amide bonds. The zero-order chi connectivity index (χ0) is 13.3. The fourth-order valence-electron chi connectivity index (χ4n) is 3.44. The lowest BCUT2D eigenvalue weighted by Gasteiger charge is -2.35. The Kier molecular flexibility index (Phi) is 7.85. The van der Waals surface area contributed by atoms with Crippen molar-refractivity contribution in [2.24, 2.45) is 23.7 Å². The van der Waals surface area contributed by atoms with Crippen molar-refractivity contribution in [1.82, 2.24) is 0 Å². The number of ketones is 1. The van der Waals surface area contributed by atoms with Crippen LogP contribution < -0.4 is 0 Å². The van der Waals surface area contributed by atoms with Crippen LogP contribution in [0.4, 0.5) is 8.78 Å². The SMILES string of the molecule is C.CC1CCC(C(=O)C2CCC(C)C(F)C2F)CC1.O.[HH]. The Morgan fingerprint density at radius 2 is 1.50 bits per heavy atom. The molecule has 2 nitrogen and oxygen atoms in total. The molecule has 0 bridgehead atoms. The van der Waals surface area contributed by atoms with Gasteiger partial charge in [0.25, 0.3) is 0 Å². The van der Waals surface area contributed by atoms with Gasteiger partial charge in [0.1, 0.15) is 18.1 Å². The summed E-state index contributed by atoms with van der Waals surface area (Å²) in [5, 5.41) is 0. The van der Waals surface area contributed by atoms with Gasteiger partial charge in [0, 0.05) is 7.34 Å². The summed E-state index contributed by atoms with van der Waals surface area (Å²) >= 11 is 0. The smallest absolute Gasteiger partial charge is 0.142 e. The number of carbonyl (C=O) groups excluding carboxylic acids is 1. The summed E-state index contributed by atoms with van der Waals surface area (Å²) in [4.78, 5) is 12.3. The summed E-state index contributed by atoms with van der Waals surface area (Å²) in [7, 11) is 0. The summed E-state index contributed by atoms with van der Waals surface area (Å²) in [5.41, 5.74) is 0. The van der Waals surface area contributed by atoms with Gasteiger partial charge in [0.15, 0.2) is 0 Å². The molecule has 2 aliphatic rings. The number of alkyl halides is 2. The first-order valence-corrected chi connectivity index (χ1v) is 7.32. The lowest BCUT2D eigenvalue weighted by Crippen LogP contribution is -2.43. The average Bonchev–Trinajstić information content (AvgIpc) is 2.36. The Morgan fingerprint density at radius 1 is 0.950 bits per heavy atom. The molecule has 0 saturated heterocycles.